The van der Waals surface area contributed by atoms with Gasteiger partial charge in [0.15, 0.2) is 0 Å². The molecule has 0 bridgehead atoms. The van der Waals surface area contributed by atoms with Gasteiger partial charge in [-0.15, -0.1) is 0 Å². The third-order valence-corrected chi connectivity index (χ3v) is 3.07. The Morgan fingerprint density at radius 3 is 2.55 bits per heavy atom. The van der Waals surface area contributed by atoms with Gasteiger partial charge in [0.1, 0.15) is 5.75 Å². The molecule has 0 spiro atoms. The van der Waals surface area contributed by atoms with Crippen LogP contribution in [0.3, 0.4) is 0 Å². The van der Waals surface area contributed by atoms with Crippen molar-refractivity contribution < 1.29 is 9.90 Å². The summed E-state index contributed by atoms with van der Waals surface area (Å²) in [4.78, 5) is 14.0. The van der Waals surface area contributed by atoms with E-state index in [-0.39, 0.29) is 23.1 Å². The summed E-state index contributed by atoms with van der Waals surface area (Å²) < 4.78 is 0. The van der Waals surface area contributed by atoms with E-state index in [1.165, 1.54) is 0 Å². The zero-order valence-corrected chi connectivity index (χ0v) is 12.9. The summed E-state index contributed by atoms with van der Waals surface area (Å²) in [5.41, 5.74) is 6.89. The SMILES string of the molecule is CCN(C(=O)CC(N)CC(C)(C)C)c1cccc(O)c1. The van der Waals surface area contributed by atoms with Gasteiger partial charge < -0.3 is 15.7 Å². The van der Waals surface area contributed by atoms with Gasteiger partial charge >= 0.3 is 0 Å². The normalized spacial score (nSPS) is 13.1. The van der Waals surface area contributed by atoms with E-state index in [1.54, 1.807) is 23.1 Å². The molecule has 1 amide bonds. The van der Waals surface area contributed by atoms with Crippen LogP contribution in [0.15, 0.2) is 24.3 Å². The number of benzene rings is 1. The van der Waals surface area contributed by atoms with Gasteiger partial charge in [-0.05, 0) is 30.9 Å². The molecular formula is C16H26N2O2. The topological polar surface area (TPSA) is 66.6 Å². The van der Waals surface area contributed by atoms with Crippen LogP contribution in [0.1, 0.15) is 40.5 Å². The number of hydrogen-bond donors (Lipinski definition) is 2. The van der Waals surface area contributed by atoms with Gasteiger partial charge in [-0.2, -0.15) is 0 Å². The fourth-order valence-electron chi connectivity index (χ4n) is 2.36. The van der Waals surface area contributed by atoms with Crippen molar-refractivity contribution in [2.24, 2.45) is 11.1 Å². The Hall–Kier alpha value is -1.55. The first-order valence-electron chi connectivity index (χ1n) is 7.08. The van der Waals surface area contributed by atoms with E-state index in [4.69, 9.17) is 5.73 Å². The molecule has 112 valence electrons. The van der Waals surface area contributed by atoms with Crippen LogP contribution in [0.25, 0.3) is 0 Å². The van der Waals surface area contributed by atoms with E-state index < -0.39 is 0 Å². The molecule has 0 saturated heterocycles. The number of rotatable bonds is 5. The highest BCUT2D eigenvalue weighted by Crippen LogP contribution is 2.24. The van der Waals surface area contributed by atoms with Gasteiger partial charge in [-0.3, -0.25) is 4.79 Å². The highest BCUT2D eigenvalue weighted by molar-refractivity contribution is 5.93. The Kier molecular flexibility index (Phi) is 5.57. The minimum Gasteiger partial charge on any atom is -0.508 e. The first kappa shape index (κ1) is 16.5. The van der Waals surface area contributed by atoms with Crippen molar-refractivity contribution in [3.63, 3.8) is 0 Å². The van der Waals surface area contributed by atoms with Crippen LogP contribution in [-0.4, -0.2) is 23.6 Å². The number of aromatic hydroxyl groups is 1. The largest absolute Gasteiger partial charge is 0.508 e. The average Bonchev–Trinajstić information content (AvgIpc) is 2.26. The second-order valence-electron chi connectivity index (χ2n) is 6.39. The summed E-state index contributed by atoms with van der Waals surface area (Å²) in [7, 11) is 0. The van der Waals surface area contributed by atoms with Crippen LogP contribution in [0.5, 0.6) is 5.75 Å². The molecule has 0 radical (unpaired) electrons. The monoisotopic (exact) mass is 278 g/mol. The quantitative estimate of drug-likeness (QED) is 0.870. The smallest absolute Gasteiger partial charge is 0.228 e. The third-order valence-electron chi connectivity index (χ3n) is 3.07. The lowest BCUT2D eigenvalue weighted by atomic mass is 9.87. The van der Waals surface area contributed by atoms with Crippen LogP contribution < -0.4 is 10.6 Å². The maximum Gasteiger partial charge on any atom is 0.228 e. The molecule has 4 heteroatoms. The predicted molar refractivity (Wildman–Crippen MR) is 82.8 cm³/mol. The van der Waals surface area contributed by atoms with Crippen molar-refractivity contribution in [3.8, 4) is 5.75 Å². The van der Waals surface area contributed by atoms with Gasteiger partial charge in [0.2, 0.25) is 5.91 Å². The standard InChI is InChI=1S/C16H26N2O2/c1-5-18(13-7-6-8-14(19)10-13)15(20)9-12(17)11-16(2,3)4/h6-8,10,12,19H,5,9,11,17H2,1-4H3. The van der Waals surface area contributed by atoms with Crippen molar-refractivity contribution >= 4 is 11.6 Å². The molecule has 0 heterocycles. The van der Waals surface area contributed by atoms with E-state index in [1.807, 2.05) is 13.0 Å². The van der Waals surface area contributed by atoms with Gasteiger partial charge in [-0.25, -0.2) is 0 Å². The zero-order chi connectivity index (χ0) is 15.3. The molecule has 1 aromatic rings. The van der Waals surface area contributed by atoms with E-state index >= 15 is 0 Å². The van der Waals surface area contributed by atoms with Gasteiger partial charge in [0.25, 0.3) is 0 Å². The minimum absolute atomic E-state index is 0.00477. The highest BCUT2D eigenvalue weighted by atomic mass is 16.3. The number of amides is 1. The summed E-state index contributed by atoms with van der Waals surface area (Å²) in [6.07, 6.45) is 1.12. The third kappa shape index (κ3) is 5.21. The van der Waals surface area contributed by atoms with Crippen LogP contribution in [0.2, 0.25) is 0 Å². The lowest BCUT2D eigenvalue weighted by Crippen LogP contribution is -2.37. The average molecular weight is 278 g/mol. The molecule has 1 unspecified atom stereocenters. The van der Waals surface area contributed by atoms with E-state index in [0.29, 0.717) is 18.7 Å². The Balaban J connectivity index is 2.73. The fourth-order valence-corrected chi connectivity index (χ4v) is 2.36. The number of carbonyl (C=O) groups is 1. The molecule has 1 rings (SSSR count). The number of carbonyl (C=O) groups excluding carboxylic acids is 1. The van der Waals surface area contributed by atoms with Gasteiger partial charge in [-0.1, -0.05) is 26.8 Å². The number of hydrogen-bond acceptors (Lipinski definition) is 3. The van der Waals surface area contributed by atoms with Gasteiger partial charge in [0, 0.05) is 30.8 Å². The fraction of sp³-hybridized carbons (Fsp3) is 0.562. The molecule has 1 aromatic carbocycles. The lowest BCUT2D eigenvalue weighted by molar-refractivity contribution is -0.119. The molecule has 3 N–H and O–H groups in total. The predicted octanol–water partition coefficient (Wildman–Crippen LogP) is 2.90. The van der Waals surface area contributed by atoms with Crippen LogP contribution >= 0.6 is 0 Å². The molecule has 0 aliphatic heterocycles. The van der Waals surface area contributed by atoms with Crippen molar-refractivity contribution in [2.75, 3.05) is 11.4 Å². The van der Waals surface area contributed by atoms with Crippen molar-refractivity contribution in [3.05, 3.63) is 24.3 Å². The maximum absolute atomic E-state index is 12.3. The second kappa shape index (κ2) is 6.75. The Morgan fingerprint density at radius 1 is 1.40 bits per heavy atom. The summed E-state index contributed by atoms with van der Waals surface area (Å²) in [5.74, 6) is 0.155. The van der Waals surface area contributed by atoms with Crippen molar-refractivity contribution in [2.45, 2.75) is 46.6 Å². The molecule has 0 aromatic heterocycles. The molecule has 0 saturated carbocycles. The molecule has 4 nitrogen and oxygen atoms in total. The van der Waals surface area contributed by atoms with Crippen LogP contribution in [0.4, 0.5) is 5.69 Å². The summed E-state index contributed by atoms with van der Waals surface area (Å²) in [6, 6.07) is 6.59. The van der Waals surface area contributed by atoms with Crippen LogP contribution in [-0.2, 0) is 4.79 Å². The summed E-state index contributed by atoms with van der Waals surface area (Å²) in [6.45, 7) is 8.82. The molecule has 0 aliphatic carbocycles. The molecule has 0 aliphatic rings. The lowest BCUT2D eigenvalue weighted by Gasteiger charge is -2.26. The van der Waals surface area contributed by atoms with Crippen molar-refractivity contribution in [1.82, 2.24) is 0 Å². The van der Waals surface area contributed by atoms with E-state index in [9.17, 15) is 9.90 Å². The van der Waals surface area contributed by atoms with Gasteiger partial charge in [0.05, 0.1) is 0 Å². The Bertz CT molecular complexity index is 452. The molecule has 1 atom stereocenters. The molecule has 20 heavy (non-hydrogen) atoms. The number of anilines is 1. The maximum atomic E-state index is 12.3. The molecular weight excluding hydrogens is 252 g/mol. The van der Waals surface area contributed by atoms with Crippen molar-refractivity contribution in [1.29, 1.82) is 0 Å². The molecule has 0 fully saturated rings. The second-order valence-corrected chi connectivity index (χ2v) is 6.39. The van der Waals surface area contributed by atoms with E-state index in [0.717, 1.165) is 6.42 Å². The Labute approximate surface area is 121 Å². The Morgan fingerprint density at radius 2 is 2.05 bits per heavy atom. The number of nitrogens with zero attached hydrogens (tertiary/aromatic N) is 1. The highest BCUT2D eigenvalue weighted by Gasteiger charge is 2.21. The van der Waals surface area contributed by atoms with Crippen LogP contribution in [0, 0.1) is 5.41 Å². The zero-order valence-electron chi connectivity index (χ0n) is 12.9. The summed E-state index contributed by atoms with van der Waals surface area (Å²) in [5, 5.41) is 9.51. The van der Waals surface area contributed by atoms with E-state index in [2.05, 4.69) is 20.8 Å². The number of phenolic OH excluding ortho intramolecular Hbond substituents is 1. The minimum atomic E-state index is -0.145. The summed E-state index contributed by atoms with van der Waals surface area (Å²) >= 11 is 0. The number of nitrogens with two attached hydrogens (primary N) is 1. The first-order valence-corrected chi connectivity index (χ1v) is 7.08. The number of phenols is 1. The first-order chi connectivity index (χ1) is 9.23.